The smallest absolute Gasteiger partial charge is 0.119 e. The summed E-state index contributed by atoms with van der Waals surface area (Å²) >= 11 is 11.9. The molecule has 0 aliphatic rings. The van der Waals surface area contributed by atoms with Crippen LogP contribution in [0.25, 0.3) is 0 Å². The number of halogens is 2. The van der Waals surface area contributed by atoms with E-state index in [1.54, 1.807) is 18.3 Å². The van der Waals surface area contributed by atoms with Crippen LogP contribution in [0.5, 0.6) is 5.75 Å². The number of nitrogens with zero attached hydrogens (tertiary/aromatic N) is 2. The SMILES string of the molecule is CCc1ccc(CCOc2ccc(C=Nc3ccc(Cl)c(Cl)c3)cc2)nc1. The van der Waals surface area contributed by atoms with E-state index in [1.807, 2.05) is 36.5 Å². The van der Waals surface area contributed by atoms with Gasteiger partial charge in [-0.15, -0.1) is 0 Å². The predicted molar refractivity (Wildman–Crippen MR) is 113 cm³/mol. The van der Waals surface area contributed by atoms with Crippen LogP contribution in [-0.4, -0.2) is 17.8 Å². The molecule has 0 spiro atoms. The van der Waals surface area contributed by atoms with Crippen molar-refractivity contribution in [2.24, 2.45) is 4.99 Å². The molecule has 0 aliphatic heterocycles. The number of aliphatic imine (C=N–C) groups is 1. The minimum atomic E-state index is 0.494. The predicted octanol–water partition coefficient (Wildman–Crippen LogP) is 6.32. The molecule has 3 rings (SSSR count). The van der Waals surface area contributed by atoms with Crippen molar-refractivity contribution in [1.29, 1.82) is 0 Å². The summed E-state index contributed by atoms with van der Waals surface area (Å²) in [6.07, 6.45) is 5.49. The Morgan fingerprint density at radius 3 is 2.48 bits per heavy atom. The maximum atomic E-state index is 6.00. The zero-order valence-corrected chi connectivity index (χ0v) is 16.5. The molecule has 1 aromatic heterocycles. The molecule has 27 heavy (non-hydrogen) atoms. The molecule has 0 atom stereocenters. The van der Waals surface area contributed by atoms with Gasteiger partial charge >= 0.3 is 0 Å². The van der Waals surface area contributed by atoms with Crippen LogP contribution < -0.4 is 4.74 Å². The van der Waals surface area contributed by atoms with Crippen molar-refractivity contribution in [2.75, 3.05) is 6.61 Å². The van der Waals surface area contributed by atoms with Gasteiger partial charge in [0.1, 0.15) is 5.75 Å². The van der Waals surface area contributed by atoms with Crippen molar-refractivity contribution in [3.05, 3.63) is 87.7 Å². The molecule has 0 unspecified atom stereocenters. The first kappa shape index (κ1) is 19.4. The highest BCUT2D eigenvalue weighted by atomic mass is 35.5. The Hall–Kier alpha value is -2.36. The summed E-state index contributed by atoms with van der Waals surface area (Å²) in [7, 11) is 0. The summed E-state index contributed by atoms with van der Waals surface area (Å²) in [6, 6.07) is 17.3. The van der Waals surface area contributed by atoms with Crippen molar-refractivity contribution < 1.29 is 4.74 Å². The third-order valence-corrected chi connectivity index (χ3v) is 4.81. The van der Waals surface area contributed by atoms with Crippen LogP contribution in [0.4, 0.5) is 5.69 Å². The van der Waals surface area contributed by atoms with E-state index >= 15 is 0 Å². The molecule has 0 amide bonds. The lowest BCUT2D eigenvalue weighted by atomic mass is 10.2. The quantitative estimate of drug-likeness (QED) is 0.436. The fourth-order valence-electron chi connectivity index (χ4n) is 2.45. The first-order valence-electron chi connectivity index (χ1n) is 8.80. The first-order valence-corrected chi connectivity index (χ1v) is 9.55. The zero-order chi connectivity index (χ0) is 19.1. The molecule has 0 bridgehead atoms. The van der Waals surface area contributed by atoms with Gasteiger partial charge in [-0.3, -0.25) is 9.98 Å². The Kier molecular flexibility index (Phi) is 6.86. The van der Waals surface area contributed by atoms with Crippen LogP contribution in [0.1, 0.15) is 23.7 Å². The largest absolute Gasteiger partial charge is 0.493 e. The fourth-order valence-corrected chi connectivity index (χ4v) is 2.74. The number of ether oxygens (including phenoxy) is 1. The average molecular weight is 399 g/mol. The lowest BCUT2D eigenvalue weighted by molar-refractivity contribution is 0.320. The number of aromatic nitrogens is 1. The van der Waals surface area contributed by atoms with E-state index in [0.29, 0.717) is 16.7 Å². The van der Waals surface area contributed by atoms with E-state index in [4.69, 9.17) is 27.9 Å². The third kappa shape index (κ3) is 5.81. The Bertz CT molecular complexity index is 907. The molecule has 138 valence electrons. The summed E-state index contributed by atoms with van der Waals surface area (Å²) < 4.78 is 5.80. The summed E-state index contributed by atoms with van der Waals surface area (Å²) in [4.78, 5) is 8.85. The normalized spacial score (nSPS) is 11.1. The van der Waals surface area contributed by atoms with Gasteiger partial charge in [-0.2, -0.15) is 0 Å². The molecular formula is C22H20Cl2N2O. The molecule has 0 N–H and O–H groups in total. The second-order valence-electron chi connectivity index (χ2n) is 6.04. The maximum absolute atomic E-state index is 6.00. The summed E-state index contributed by atoms with van der Waals surface area (Å²) in [6.45, 7) is 2.72. The average Bonchev–Trinajstić information content (AvgIpc) is 2.70. The molecular weight excluding hydrogens is 379 g/mol. The van der Waals surface area contributed by atoms with E-state index in [0.717, 1.165) is 35.5 Å². The Morgan fingerprint density at radius 1 is 1.00 bits per heavy atom. The minimum absolute atomic E-state index is 0.494. The molecule has 5 heteroatoms. The number of hydrogen-bond acceptors (Lipinski definition) is 3. The molecule has 3 aromatic rings. The highest BCUT2D eigenvalue weighted by Crippen LogP contribution is 2.26. The number of pyridine rings is 1. The maximum Gasteiger partial charge on any atom is 0.119 e. The van der Waals surface area contributed by atoms with Crippen LogP contribution >= 0.6 is 23.2 Å². The Morgan fingerprint density at radius 2 is 1.81 bits per heavy atom. The number of benzene rings is 2. The van der Waals surface area contributed by atoms with Crippen molar-refractivity contribution in [1.82, 2.24) is 4.98 Å². The van der Waals surface area contributed by atoms with Crippen LogP contribution in [0.15, 0.2) is 65.8 Å². The molecule has 1 heterocycles. The van der Waals surface area contributed by atoms with Gasteiger partial charge in [-0.25, -0.2) is 0 Å². The van der Waals surface area contributed by atoms with Gasteiger partial charge < -0.3 is 4.74 Å². The zero-order valence-electron chi connectivity index (χ0n) is 15.0. The Balaban J connectivity index is 1.52. The molecule has 0 saturated carbocycles. The fraction of sp³-hybridized carbons (Fsp3) is 0.182. The molecule has 0 saturated heterocycles. The highest BCUT2D eigenvalue weighted by molar-refractivity contribution is 6.42. The van der Waals surface area contributed by atoms with Crippen LogP contribution in [-0.2, 0) is 12.8 Å². The number of aryl methyl sites for hydroxylation is 1. The summed E-state index contributed by atoms with van der Waals surface area (Å²) in [5, 5.41) is 1.02. The van der Waals surface area contributed by atoms with E-state index in [9.17, 15) is 0 Å². The van der Waals surface area contributed by atoms with Gasteiger partial charge in [0.15, 0.2) is 0 Å². The number of hydrogen-bond donors (Lipinski definition) is 0. The Labute approximate surface area is 169 Å². The van der Waals surface area contributed by atoms with Crippen molar-refractivity contribution >= 4 is 35.1 Å². The standard InChI is InChI=1S/C22H20Cl2N2O/c1-2-16-3-6-18(25-14-16)11-12-27-20-8-4-17(5-9-20)15-26-19-7-10-21(23)22(24)13-19/h3-10,13-15H,2,11-12H2,1H3. The van der Waals surface area contributed by atoms with E-state index in [1.165, 1.54) is 5.56 Å². The van der Waals surface area contributed by atoms with Gasteiger partial charge in [0.2, 0.25) is 0 Å². The monoisotopic (exact) mass is 398 g/mol. The van der Waals surface area contributed by atoms with Crippen LogP contribution in [0, 0.1) is 0 Å². The summed E-state index contributed by atoms with van der Waals surface area (Å²) in [5.41, 5.74) is 4.02. The van der Waals surface area contributed by atoms with Gasteiger partial charge in [0.05, 0.1) is 22.3 Å². The molecule has 0 radical (unpaired) electrons. The molecule has 0 aliphatic carbocycles. The van der Waals surface area contributed by atoms with Gasteiger partial charge in [0, 0.05) is 24.5 Å². The molecule has 2 aromatic carbocycles. The van der Waals surface area contributed by atoms with Crippen LogP contribution in [0.2, 0.25) is 10.0 Å². The molecule has 3 nitrogen and oxygen atoms in total. The second-order valence-corrected chi connectivity index (χ2v) is 6.85. The topological polar surface area (TPSA) is 34.5 Å². The lowest BCUT2D eigenvalue weighted by Crippen LogP contribution is -2.03. The highest BCUT2D eigenvalue weighted by Gasteiger charge is 1.99. The molecule has 0 fully saturated rings. The first-order chi connectivity index (χ1) is 13.1. The third-order valence-electron chi connectivity index (χ3n) is 4.07. The van der Waals surface area contributed by atoms with E-state index < -0.39 is 0 Å². The van der Waals surface area contributed by atoms with Crippen molar-refractivity contribution in [3.63, 3.8) is 0 Å². The van der Waals surface area contributed by atoms with Gasteiger partial charge in [-0.05, 0) is 66.1 Å². The van der Waals surface area contributed by atoms with Crippen molar-refractivity contribution in [2.45, 2.75) is 19.8 Å². The summed E-state index contributed by atoms with van der Waals surface area (Å²) in [5.74, 6) is 0.826. The van der Waals surface area contributed by atoms with E-state index in [2.05, 4.69) is 29.0 Å². The van der Waals surface area contributed by atoms with Gasteiger partial charge in [-0.1, -0.05) is 36.2 Å². The van der Waals surface area contributed by atoms with E-state index in [-0.39, 0.29) is 0 Å². The lowest BCUT2D eigenvalue weighted by Gasteiger charge is -2.06. The van der Waals surface area contributed by atoms with Gasteiger partial charge in [0.25, 0.3) is 0 Å². The minimum Gasteiger partial charge on any atom is -0.493 e. The van der Waals surface area contributed by atoms with Crippen LogP contribution in [0.3, 0.4) is 0 Å². The second kappa shape index (κ2) is 9.54. The number of rotatable bonds is 7. The van der Waals surface area contributed by atoms with Crippen molar-refractivity contribution in [3.8, 4) is 5.75 Å².